The van der Waals surface area contributed by atoms with Crippen molar-refractivity contribution in [1.82, 2.24) is 0 Å². The van der Waals surface area contributed by atoms with Crippen LogP contribution in [0.25, 0.3) is 0 Å². The highest BCUT2D eigenvalue weighted by molar-refractivity contribution is 5.49. The first-order chi connectivity index (χ1) is 6.72. The summed E-state index contributed by atoms with van der Waals surface area (Å²) in [5, 5.41) is 10.7. The first-order valence-corrected chi connectivity index (χ1v) is 4.16. The molecule has 1 atom stereocenters. The monoisotopic (exact) mass is 195 g/mol. The van der Waals surface area contributed by atoms with Crippen molar-refractivity contribution in [2.45, 2.75) is 6.10 Å². The number of epoxide rings is 1. The topological polar surface area (TPSA) is 64.9 Å². The van der Waals surface area contributed by atoms with E-state index < -0.39 is 4.92 Å². The van der Waals surface area contributed by atoms with Crippen LogP contribution >= 0.6 is 0 Å². The molecule has 0 unspecified atom stereocenters. The Kier molecular flexibility index (Phi) is 2.09. The molecular weight excluding hydrogens is 186 g/mol. The molecule has 0 aromatic heterocycles. The number of hydrogen-bond donors (Lipinski definition) is 0. The van der Waals surface area contributed by atoms with Crippen molar-refractivity contribution in [1.29, 1.82) is 0 Å². The third-order valence-electron chi connectivity index (χ3n) is 2.10. The van der Waals surface area contributed by atoms with Crippen LogP contribution in [0.3, 0.4) is 0 Å². The first-order valence-electron chi connectivity index (χ1n) is 4.16. The number of benzene rings is 1. The zero-order chi connectivity index (χ0) is 10.1. The summed E-state index contributed by atoms with van der Waals surface area (Å²) in [5.74, 6) is 0.277. The van der Waals surface area contributed by atoms with Gasteiger partial charge in [-0.05, 0) is 11.6 Å². The Bertz CT molecular complexity index is 373. The quantitative estimate of drug-likeness (QED) is 0.418. The molecule has 0 radical (unpaired) electrons. The summed E-state index contributed by atoms with van der Waals surface area (Å²) >= 11 is 0. The number of nitro benzene ring substituents is 1. The Morgan fingerprint density at radius 1 is 1.64 bits per heavy atom. The molecule has 74 valence electrons. The van der Waals surface area contributed by atoms with Gasteiger partial charge in [0.15, 0.2) is 5.75 Å². The Balaban J connectivity index is 2.40. The van der Waals surface area contributed by atoms with Crippen molar-refractivity contribution in [2.24, 2.45) is 0 Å². The molecule has 0 saturated carbocycles. The SMILES string of the molecule is COc1ccc([C@H]2CO2)cc1[N+](=O)[O-]. The molecule has 0 N–H and O–H groups in total. The lowest BCUT2D eigenvalue weighted by atomic mass is 10.1. The van der Waals surface area contributed by atoms with Gasteiger partial charge in [-0.3, -0.25) is 10.1 Å². The van der Waals surface area contributed by atoms with Crippen LogP contribution < -0.4 is 4.74 Å². The molecule has 14 heavy (non-hydrogen) atoms. The van der Waals surface area contributed by atoms with Crippen LogP contribution in [0.4, 0.5) is 5.69 Å². The summed E-state index contributed by atoms with van der Waals surface area (Å²) in [5.41, 5.74) is 0.818. The van der Waals surface area contributed by atoms with Crippen molar-refractivity contribution in [2.75, 3.05) is 13.7 Å². The van der Waals surface area contributed by atoms with Gasteiger partial charge in [0.1, 0.15) is 6.10 Å². The average molecular weight is 195 g/mol. The fraction of sp³-hybridized carbons (Fsp3) is 0.333. The number of hydrogen-bond acceptors (Lipinski definition) is 4. The minimum Gasteiger partial charge on any atom is -0.490 e. The van der Waals surface area contributed by atoms with E-state index in [-0.39, 0.29) is 17.5 Å². The second-order valence-electron chi connectivity index (χ2n) is 3.01. The predicted molar refractivity (Wildman–Crippen MR) is 48.3 cm³/mol. The van der Waals surface area contributed by atoms with Gasteiger partial charge in [-0.15, -0.1) is 0 Å². The molecule has 0 aliphatic carbocycles. The highest BCUT2D eigenvalue weighted by Crippen LogP contribution is 2.35. The van der Waals surface area contributed by atoms with Crippen LogP contribution in [-0.4, -0.2) is 18.6 Å². The second kappa shape index (κ2) is 3.26. The number of methoxy groups -OCH3 is 1. The summed E-state index contributed by atoms with van der Waals surface area (Å²) in [6.07, 6.45) is 0.0274. The summed E-state index contributed by atoms with van der Waals surface area (Å²) in [6, 6.07) is 4.87. The maximum absolute atomic E-state index is 10.7. The van der Waals surface area contributed by atoms with Crippen LogP contribution in [0.2, 0.25) is 0 Å². The molecule has 0 amide bonds. The van der Waals surface area contributed by atoms with Crippen LogP contribution in [0.5, 0.6) is 5.75 Å². The molecule has 0 bridgehead atoms. The molecule has 1 aliphatic rings. The van der Waals surface area contributed by atoms with E-state index in [0.717, 1.165) is 5.56 Å². The van der Waals surface area contributed by atoms with Gasteiger partial charge in [-0.25, -0.2) is 0 Å². The summed E-state index contributed by atoms with van der Waals surface area (Å²) in [7, 11) is 1.41. The molecule has 1 fully saturated rings. The molecule has 5 nitrogen and oxygen atoms in total. The predicted octanol–water partition coefficient (Wildman–Crippen LogP) is 1.67. The Morgan fingerprint density at radius 2 is 2.36 bits per heavy atom. The van der Waals surface area contributed by atoms with Gasteiger partial charge in [0, 0.05) is 6.07 Å². The fourth-order valence-corrected chi connectivity index (χ4v) is 1.29. The van der Waals surface area contributed by atoms with E-state index >= 15 is 0 Å². The van der Waals surface area contributed by atoms with E-state index in [9.17, 15) is 10.1 Å². The number of rotatable bonds is 3. The Labute approximate surface area is 80.4 Å². The van der Waals surface area contributed by atoms with E-state index in [1.807, 2.05) is 0 Å². The van der Waals surface area contributed by atoms with E-state index in [2.05, 4.69) is 0 Å². The molecule has 1 aliphatic heterocycles. The van der Waals surface area contributed by atoms with E-state index in [1.54, 1.807) is 12.1 Å². The molecule has 1 saturated heterocycles. The van der Waals surface area contributed by atoms with Crippen molar-refractivity contribution in [3.8, 4) is 5.75 Å². The highest BCUT2D eigenvalue weighted by atomic mass is 16.6. The van der Waals surface area contributed by atoms with E-state index in [0.29, 0.717) is 6.61 Å². The van der Waals surface area contributed by atoms with Crippen molar-refractivity contribution in [3.63, 3.8) is 0 Å². The third kappa shape index (κ3) is 1.54. The Morgan fingerprint density at radius 3 is 2.86 bits per heavy atom. The van der Waals surface area contributed by atoms with E-state index in [4.69, 9.17) is 9.47 Å². The van der Waals surface area contributed by atoms with Crippen LogP contribution in [-0.2, 0) is 4.74 Å². The molecule has 1 heterocycles. The molecule has 0 spiro atoms. The van der Waals surface area contributed by atoms with E-state index in [1.165, 1.54) is 13.2 Å². The zero-order valence-corrected chi connectivity index (χ0v) is 7.60. The zero-order valence-electron chi connectivity index (χ0n) is 7.60. The number of nitro groups is 1. The lowest BCUT2D eigenvalue weighted by Crippen LogP contribution is -1.94. The van der Waals surface area contributed by atoms with Crippen LogP contribution in [0, 0.1) is 10.1 Å². The minimum atomic E-state index is -0.454. The summed E-state index contributed by atoms with van der Waals surface area (Å²) in [6.45, 7) is 0.642. The normalized spacial score (nSPS) is 19.1. The smallest absolute Gasteiger partial charge is 0.311 e. The molecule has 2 rings (SSSR count). The van der Waals surface area contributed by atoms with Gasteiger partial charge in [-0.2, -0.15) is 0 Å². The summed E-state index contributed by atoms with van der Waals surface area (Å²) in [4.78, 5) is 10.2. The first kappa shape index (κ1) is 8.96. The van der Waals surface area contributed by atoms with Crippen molar-refractivity contribution >= 4 is 5.69 Å². The minimum absolute atomic E-state index is 0.0134. The fourth-order valence-electron chi connectivity index (χ4n) is 1.29. The number of nitrogens with zero attached hydrogens (tertiary/aromatic N) is 1. The molecule has 1 aromatic carbocycles. The lowest BCUT2D eigenvalue weighted by Gasteiger charge is -2.02. The van der Waals surface area contributed by atoms with Gasteiger partial charge in [0.2, 0.25) is 0 Å². The molecule has 1 aromatic rings. The molecule has 5 heteroatoms. The van der Waals surface area contributed by atoms with Gasteiger partial charge >= 0.3 is 5.69 Å². The van der Waals surface area contributed by atoms with Gasteiger partial charge < -0.3 is 9.47 Å². The maximum Gasteiger partial charge on any atom is 0.311 e. The molecular formula is C9H9NO4. The van der Waals surface area contributed by atoms with Crippen molar-refractivity contribution in [3.05, 3.63) is 33.9 Å². The number of ether oxygens (including phenoxy) is 2. The largest absolute Gasteiger partial charge is 0.490 e. The van der Waals surface area contributed by atoms with Gasteiger partial charge in [0.05, 0.1) is 18.6 Å². The standard InChI is InChI=1S/C9H9NO4/c1-13-8-3-2-6(9-5-14-9)4-7(8)10(11)12/h2-4,9H,5H2,1H3/t9-/m1/s1. The average Bonchev–Trinajstić information content (AvgIpc) is 3.00. The Hall–Kier alpha value is -1.62. The highest BCUT2D eigenvalue weighted by Gasteiger charge is 2.27. The van der Waals surface area contributed by atoms with Gasteiger partial charge in [-0.1, -0.05) is 6.07 Å². The lowest BCUT2D eigenvalue weighted by molar-refractivity contribution is -0.385. The second-order valence-corrected chi connectivity index (χ2v) is 3.01. The van der Waals surface area contributed by atoms with Crippen LogP contribution in [0.1, 0.15) is 11.7 Å². The van der Waals surface area contributed by atoms with Crippen LogP contribution in [0.15, 0.2) is 18.2 Å². The third-order valence-corrected chi connectivity index (χ3v) is 2.10. The van der Waals surface area contributed by atoms with Gasteiger partial charge in [0.25, 0.3) is 0 Å². The van der Waals surface area contributed by atoms with Crippen molar-refractivity contribution < 1.29 is 14.4 Å². The maximum atomic E-state index is 10.7. The summed E-state index contributed by atoms with van der Waals surface area (Å²) < 4.78 is 9.92.